The van der Waals surface area contributed by atoms with Gasteiger partial charge in [-0.05, 0) is 39.9 Å². The van der Waals surface area contributed by atoms with Gasteiger partial charge in [-0.15, -0.1) is 0 Å². The average Bonchev–Trinajstić information content (AvgIpc) is 2.98. The molecule has 122 valence electrons. The molecule has 0 aliphatic rings. The van der Waals surface area contributed by atoms with Crippen LogP contribution in [0.2, 0.25) is 0 Å². The number of nitrogens with zero attached hydrogens (tertiary/aromatic N) is 4. The van der Waals surface area contributed by atoms with Crippen LogP contribution in [0.3, 0.4) is 0 Å². The number of likely N-dealkylation sites (N-methyl/N-ethyl adjacent to an activating group) is 2. The molecule has 1 aromatic heterocycles. The molecule has 0 saturated heterocycles. The van der Waals surface area contributed by atoms with Crippen LogP contribution in [0, 0.1) is 0 Å². The lowest BCUT2D eigenvalue weighted by atomic mass is 9.80. The van der Waals surface area contributed by atoms with E-state index in [1.54, 1.807) is 6.33 Å². The van der Waals surface area contributed by atoms with Crippen molar-refractivity contribution in [3.8, 4) is 0 Å². The first-order valence-electron chi connectivity index (χ1n) is 8.42. The average molecular weight is 295 g/mol. The molecule has 0 saturated carbocycles. The van der Waals surface area contributed by atoms with Crippen LogP contribution in [-0.4, -0.2) is 51.4 Å². The quantitative estimate of drug-likeness (QED) is 0.719. The Morgan fingerprint density at radius 1 is 1.19 bits per heavy atom. The minimum absolute atomic E-state index is 0.169. The zero-order chi connectivity index (χ0) is 15.9. The van der Waals surface area contributed by atoms with Crippen molar-refractivity contribution in [3.63, 3.8) is 0 Å². The maximum absolute atomic E-state index is 4.46. The highest BCUT2D eigenvalue weighted by Crippen LogP contribution is 2.29. The van der Waals surface area contributed by atoms with Gasteiger partial charge in [0.25, 0.3) is 0 Å². The van der Waals surface area contributed by atoms with E-state index in [0.717, 1.165) is 44.7 Å². The molecular formula is C16H33N5. The summed E-state index contributed by atoms with van der Waals surface area (Å²) in [6, 6.07) is 0.377. The smallest absolute Gasteiger partial charge is 0.138 e. The van der Waals surface area contributed by atoms with Crippen molar-refractivity contribution in [1.82, 2.24) is 25.0 Å². The van der Waals surface area contributed by atoms with E-state index in [0.29, 0.717) is 6.04 Å². The lowest BCUT2D eigenvalue weighted by Gasteiger charge is -2.48. The van der Waals surface area contributed by atoms with Gasteiger partial charge in [0.1, 0.15) is 12.2 Å². The summed E-state index contributed by atoms with van der Waals surface area (Å²) in [5.41, 5.74) is 0.169. The molecule has 0 radical (unpaired) electrons. The van der Waals surface area contributed by atoms with Crippen LogP contribution in [0.15, 0.2) is 6.33 Å². The van der Waals surface area contributed by atoms with Crippen LogP contribution in [0.4, 0.5) is 0 Å². The minimum Gasteiger partial charge on any atom is -0.315 e. The Hall–Kier alpha value is -0.940. The molecule has 5 nitrogen and oxygen atoms in total. The fourth-order valence-electron chi connectivity index (χ4n) is 3.72. The molecule has 0 fully saturated rings. The van der Waals surface area contributed by atoms with Gasteiger partial charge in [-0.1, -0.05) is 27.7 Å². The Labute approximate surface area is 130 Å². The predicted octanol–water partition coefficient (Wildman–Crippen LogP) is 2.33. The third kappa shape index (κ3) is 3.64. The lowest BCUT2D eigenvalue weighted by Crippen LogP contribution is -2.61. The van der Waals surface area contributed by atoms with Gasteiger partial charge in [-0.3, -0.25) is 9.58 Å². The van der Waals surface area contributed by atoms with Gasteiger partial charge in [0.2, 0.25) is 0 Å². The zero-order valence-corrected chi connectivity index (χ0v) is 14.7. The predicted molar refractivity (Wildman–Crippen MR) is 88.5 cm³/mol. The van der Waals surface area contributed by atoms with Crippen molar-refractivity contribution in [1.29, 1.82) is 0 Å². The Balaban J connectivity index is 3.07. The van der Waals surface area contributed by atoms with Crippen molar-refractivity contribution in [3.05, 3.63) is 12.2 Å². The Morgan fingerprint density at radius 3 is 2.24 bits per heavy atom. The van der Waals surface area contributed by atoms with E-state index < -0.39 is 0 Å². The van der Waals surface area contributed by atoms with Crippen LogP contribution in [-0.2, 0) is 13.0 Å². The number of nitrogens with one attached hydrogen (secondary N) is 1. The van der Waals surface area contributed by atoms with E-state index >= 15 is 0 Å². The lowest BCUT2D eigenvalue weighted by molar-refractivity contribution is 0.0509. The number of hydrogen-bond donors (Lipinski definition) is 1. The highest BCUT2D eigenvalue weighted by Gasteiger charge is 2.39. The van der Waals surface area contributed by atoms with Crippen LogP contribution < -0.4 is 5.32 Å². The first-order chi connectivity index (χ1) is 10.1. The maximum atomic E-state index is 4.46. The van der Waals surface area contributed by atoms with E-state index in [1.165, 1.54) is 0 Å². The van der Waals surface area contributed by atoms with Crippen molar-refractivity contribution in [2.75, 3.05) is 20.1 Å². The second-order valence-corrected chi connectivity index (χ2v) is 5.52. The summed E-state index contributed by atoms with van der Waals surface area (Å²) >= 11 is 0. The molecule has 0 aliphatic carbocycles. The summed E-state index contributed by atoms with van der Waals surface area (Å²) in [5, 5.41) is 7.87. The highest BCUT2D eigenvalue weighted by atomic mass is 15.3. The second kappa shape index (κ2) is 8.49. The highest BCUT2D eigenvalue weighted by molar-refractivity contribution is 5.03. The zero-order valence-electron chi connectivity index (χ0n) is 14.7. The van der Waals surface area contributed by atoms with Crippen LogP contribution in [0.5, 0.6) is 0 Å². The largest absolute Gasteiger partial charge is 0.315 e. The van der Waals surface area contributed by atoms with E-state index in [9.17, 15) is 0 Å². The van der Waals surface area contributed by atoms with Gasteiger partial charge < -0.3 is 5.32 Å². The van der Waals surface area contributed by atoms with E-state index in [1.807, 2.05) is 4.68 Å². The normalized spacial score (nSPS) is 13.9. The van der Waals surface area contributed by atoms with Crippen LogP contribution in [0.1, 0.15) is 53.3 Å². The van der Waals surface area contributed by atoms with Crippen molar-refractivity contribution in [2.24, 2.45) is 0 Å². The molecule has 0 spiro atoms. The molecule has 1 N–H and O–H groups in total. The minimum atomic E-state index is 0.169. The topological polar surface area (TPSA) is 46.0 Å². The van der Waals surface area contributed by atoms with Gasteiger partial charge in [-0.25, -0.2) is 4.98 Å². The molecule has 0 aliphatic heterocycles. The summed E-state index contributed by atoms with van der Waals surface area (Å²) in [5.74, 6) is 1.08. The second-order valence-electron chi connectivity index (χ2n) is 5.52. The maximum Gasteiger partial charge on any atom is 0.138 e. The summed E-state index contributed by atoms with van der Waals surface area (Å²) in [6.07, 6.45) is 4.86. The molecule has 1 rings (SSSR count). The monoisotopic (exact) mass is 295 g/mol. The molecule has 1 heterocycles. The molecule has 1 aromatic rings. The summed E-state index contributed by atoms with van der Waals surface area (Å²) in [6.45, 7) is 14.3. The molecular weight excluding hydrogens is 262 g/mol. The first kappa shape index (κ1) is 18.1. The van der Waals surface area contributed by atoms with Gasteiger partial charge in [0, 0.05) is 24.5 Å². The summed E-state index contributed by atoms with van der Waals surface area (Å²) in [7, 11) is 2.07. The van der Waals surface area contributed by atoms with Crippen molar-refractivity contribution >= 4 is 0 Å². The van der Waals surface area contributed by atoms with E-state index in [-0.39, 0.29) is 5.54 Å². The van der Waals surface area contributed by atoms with E-state index in [4.69, 9.17) is 0 Å². The third-order valence-electron chi connectivity index (χ3n) is 5.00. The van der Waals surface area contributed by atoms with Crippen LogP contribution >= 0.6 is 0 Å². The SMILES string of the molecule is CCN(CC)C(CC)(CC)C(Cc1ncnn1CC)NC. The third-order valence-corrected chi connectivity index (χ3v) is 5.00. The fourth-order valence-corrected chi connectivity index (χ4v) is 3.72. The molecule has 0 bridgehead atoms. The fraction of sp³-hybridized carbons (Fsp3) is 0.875. The number of aromatic nitrogens is 3. The number of rotatable bonds is 10. The van der Waals surface area contributed by atoms with Crippen molar-refractivity contribution < 1.29 is 0 Å². The van der Waals surface area contributed by atoms with Crippen LogP contribution in [0.25, 0.3) is 0 Å². The Morgan fingerprint density at radius 2 is 1.81 bits per heavy atom. The molecule has 21 heavy (non-hydrogen) atoms. The van der Waals surface area contributed by atoms with Gasteiger partial charge in [0.15, 0.2) is 0 Å². The van der Waals surface area contributed by atoms with Gasteiger partial charge in [-0.2, -0.15) is 5.10 Å². The number of aryl methyl sites for hydroxylation is 1. The summed E-state index contributed by atoms with van der Waals surface area (Å²) < 4.78 is 2.00. The van der Waals surface area contributed by atoms with Crippen molar-refractivity contribution in [2.45, 2.75) is 72.0 Å². The molecule has 0 aromatic carbocycles. The standard InChI is InChI=1S/C16H33N5/c1-7-16(8-2,20(9-3)10-4)14(17-6)12-15-18-13-19-21(15)11-5/h13-14,17H,7-12H2,1-6H3. The molecule has 5 heteroatoms. The molecule has 1 atom stereocenters. The van der Waals surface area contributed by atoms with Gasteiger partial charge in [0.05, 0.1) is 0 Å². The molecule has 0 amide bonds. The first-order valence-corrected chi connectivity index (χ1v) is 8.42. The van der Waals surface area contributed by atoms with E-state index in [2.05, 4.69) is 62.0 Å². The summed E-state index contributed by atoms with van der Waals surface area (Å²) in [4.78, 5) is 7.06. The van der Waals surface area contributed by atoms with Gasteiger partial charge >= 0.3 is 0 Å². The Kier molecular flexibility index (Phi) is 7.32. The number of hydrogen-bond acceptors (Lipinski definition) is 4. The molecule has 1 unspecified atom stereocenters. The Bertz CT molecular complexity index is 393.